The predicted octanol–water partition coefficient (Wildman–Crippen LogP) is 0.001000. The maximum absolute atomic E-state index is 11.7. The number of carbonyl (C=O) groups excluding carboxylic acids is 1. The fourth-order valence-corrected chi connectivity index (χ4v) is 1.40. The molecule has 0 saturated heterocycles. The molecule has 0 radical (unpaired) electrons. The van der Waals surface area contributed by atoms with Gasteiger partial charge in [-0.25, -0.2) is 9.97 Å². The number of amides is 1. The summed E-state index contributed by atoms with van der Waals surface area (Å²) in [4.78, 5) is 23.4. The van der Waals surface area contributed by atoms with Crippen LogP contribution >= 0.6 is 0 Å². The van der Waals surface area contributed by atoms with Crippen molar-refractivity contribution >= 4 is 11.7 Å². The number of nitrogens with zero attached hydrogens (tertiary/aromatic N) is 4. The first-order chi connectivity index (χ1) is 8.74. The Morgan fingerprint density at radius 1 is 1.39 bits per heavy atom. The molecule has 0 aliphatic heterocycles. The van der Waals surface area contributed by atoms with Gasteiger partial charge in [0.15, 0.2) is 11.5 Å². The Kier molecular flexibility index (Phi) is 2.40. The molecule has 2 aromatic rings. The van der Waals surface area contributed by atoms with E-state index in [9.17, 15) is 4.79 Å². The molecule has 18 heavy (non-hydrogen) atoms. The molecule has 3 rings (SSSR count). The summed E-state index contributed by atoms with van der Waals surface area (Å²) in [5.41, 5.74) is 5.90. The molecule has 0 unspecified atom stereocenters. The highest BCUT2D eigenvalue weighted by Crippen LogP contribution is 2.21. The number of nitrogens with one attached hydrogen (secondary N) is 1. The van der Waals surface area contributed by atoms with Crippen LogP contribution in [0, 0.1) is 0 Å². The van der Waals surface area contributed by atoms with Gasteiger partial charge in [-0.15, -0.1) is 0 Å². The van der Waals surface area contributed by atoms with Gasteiger partial charge in [-0.05, 0) is 12.8 Å². The van der Waals surface area contributed by atoms with E-state index >= 15 is 0 Å². The summed E-state index contributed by atoms with van der Waals surface area (Å²) in [5.74, 6) is -0.117. The van der Waals surface area contributed by atoms with Crippen molar-refractivity contribution in [1.29, 1.82) is 0 Å². The van der Waals surface area contributed by atoms with E-state index in [1.807, 2.05) is 0 Å². The molecule has 8 nitrogen and oxygen atoms in total. The van der Waals surface area contributed by atoms with Gasteiger partial charge < -0.3 is 15.6 Å². The Bertz CT molecular complexity index is 592. The van der Waals surface area contributed by atoms with Crippen LogP contribution in [0.25, 0.3) is 11.6 Å². The maximum Gasteiger partial charge on any atom is 0.292 e. The lowest BCUT2D eigenvalue weighted by atomic mass is 10.4. The molecule has 0 spiro atoms. The molecule has 2 aromatic heterocycles. The topological polar surface area (TPSA) is 120 Å². The van der Waals surface area contributed by atoms with Crippen molar-refractivity contribution in [3.8, 4) is 11.6 Å². The van der Waals surface area contributed by atoms with E-state index in [2.05, 4.69) is 25.4 Å². The number of nitrogens with two attached hydrogens (primary N) is 1. The van der Waals surface area contributed by atoms with E-state index in [1.165, 1.54) is 12.4 Å². The smallest absolute Gasteiger partial charge is 0.292 e. The molecule has 0 bridgehead atoms. The van der Waals surface area contributed by atoms with Crippen molar-refractivity contribution < 1.29 is 9.32 Å². The molecule has 1 amide bonds. The maximum atomic E-state index is 11.7. The monoisotopic (exact) mass is 246 g/mol. The average molecular weight is 246 g/mol. The zero-order valence-electron chi connectivity index (χ0n) is 9.33. The summed E-state index contributed by atoms with van der Waals surface area (Å²) < 4.78 is 4.95. The standard InChI is InChI=1S/C10H10N6O2/c11-7-6(12-3-4-13-7)10-15-8(16-18-10)9(17)14-5-1-2-5/h3-5H,1-2H2,(H2,11,13)(H,14,17). The second kappa shape index (κ2) is 4.06. The van der Waals surface area contributed by atoms with Gasteiger partial charge in [0, 0.05) is 18.4 Å². The van der Waals surface area contributed by atoms with E-state index in [4.69, 9.17) is 10.3 Å². The molecular weight excluding hydrogens is 236 g/mol. The summed E-state index contributed by atoms with van der Waals surface area (Å²) >= 11 is 0. The first-order valence-electron chi connectivity index (χ1n) is 5.45. The summed E-state index contributed by atoms with van der Waals surface area (Å²) in [5, 5.41) is 6.35. The Balaban J connectivity index is 1.84. The minimum Gasteiger partial charge on any atom is -0.382 e. The SMILES string of the molecule is Nc1nccnc1-c1nc(C(=O)NC2CC2)no1. The zero-order chi connectivity index (χ0) is 12.5. The molecule has 8 heteroatoms. The minimum absolute atomic E-state index is 0.0260. The van der Waals surface area contributed by atoms with Gasteiger partial charge in [0.25, 0.3) is 17.6 Å². The molecule has 1 aliphatic carbocycles. The van der Waals surface area contributed by atoms with E-state index in [0.717, 1.165) is 12.8 Å². The third-order valence-corrected chi connectivity index (χ3v) is 2.47. The third kappa shape index (κ3) is 1.99. The first kappa shape index (κ1) is 10.6. The highest BCUT2D eigenvalue weighted by molar-refractivity contribution is 5.91. The predicted molar refractivity (Wildman–Crippen MR) is 60.2 cm³/mol. The van der Waals surface area contributed by atoms with Crippen LogP contribution in [-0.2, 0) is 0 Å². The zero-order valence-corrected chi connectivity index (χ0v) is 9.33. The molecule has 1 saturated carbocycles. The van der Waals surface area contributed by atoms with Crippen molar-refractivity contribution in [2.45, 2.75) is 18.9 Å². The first-order valence-corrected chi connectivity index (χ1v) is 5.45. The number of hydrogen-bond acceptors (Lipinski definition) is 7. The number of carbonyl (C=O) groups is 1. The van der Waals surface area contributed by atoms with E-state index < -0.39 is 0 Å². The Morgan fingerprint density at radius 3 is 2.89 bits per heavy atom. The number of anilines is 1. The average Bonchev–Trinajstić information content (AvgIpc) is 3.04. The largest absolute Gasteiger partial charge is 0.382 e. The van der Waals surface area contributed by atoms with Crippen LogP contribution < -0.4 is 11.1 Å². The van der Waals surface area contributed by atoms with Crippen molar-refractivity contribution in [1.82, 2.24) is 25.4 Å². The fourth-order valence-electron chi connectivity index (χ4n) is 1.40. The Morgan fingerprint density at radius 2 is 2.17 bits per heavy atom. The quantitative estimate of drug-likeness (QED) is 0.781. The van der Waals surface area contributed by atoms with Gasteiger partial charge >= 0.3 is 0 Å². The van der Waals surface area contributed by atoms with Crippen molar-refractivity contribution in [3.63, 3.8) is 0 Å². The normalized spacial score (nSPS) is 14.4. The van der Waals surface area contributed by atoms with Gasteiger partial charge in [-0.1, -0.05) is 5.16 Å². The number of hydrogen-bond donors (Lipinski definition) is 2. The van der Waals surface area contributed by atoms with Crippen LogP contribution in [0.5, 0.6) is 0 Å². The van der Waals surface area contributed by atoms with Gasteiger partial charge in [0.2, 0.25) is 0 Å². The van der Waals surface area contributed by atoms with Crippen molar-refractivity contribution in [2.75, 3.05) is 5.73 Å². The van der Waals surface area contributed by atoms with E-state index in [1.54, 1.807) is 0 Å². The number of rotatable bonds is 3. The van der Waals surface area contributed by atoms with Crippen molar-refractivity contribution in [3.05, 3.63) is 18.2 Å². The van der Waals surface area contributed by atoms with Crippen LogP contribution in [-0.4, -0.2) is 32.1 Å². The van der Waals surface area contributed by atoms with Gasteiger partial charge in [-0.3, -0.25) is 4.79 Å². The molecule has 1 fully saturated rings. The highest BCUT2D eigenvalue weighted by Gasteiger charge is 2.26. The lowest BCUT2D eigenvalue weighted by Gasteiger charge is -1.96. The Labute approximate surface area is 102 Å². The van der Waals surface area contributed by atoms with Gasteiger partial charge in [-0.2, -0.15) is 4.98 Å². The summed E-state index contributed by atoms with van der Waals surface area (Å²) in [7, 11) is 0. The lowest BCUT2D eigenvalue weighted by Crippen LogP contribution is -2.26. The molecule has 0 atom stereocenters. The fraction of sp³-hybridized carbons (Fsp3) is 0.300. The molecule has 2 heterocycles. The Hall–Kier alpha value is -2.51. The van der Waals surface area contributed by atoms with Crippen LogP contribution in [0.1, 0.15) is 23.5 Å². The molecule has 92 valence electrons. The summed E-state index contributed by atoms with van der Waals surface area (Å²) in [6, 6.07) is 0.237. The second-order valence-corrected chi connectivity index (χ2v) is 3.96. The lowest BCUT2D eigenvalue weighted by molar-refractivity contribution is 0.0937. The summed E-state index contributed by atoms with van der Waals surface area (Å²) in [6.07, 6.45) is 4.90. The van der Waals surface area contributed by atoms with Crippen LogP contribution in [0.15, 0.2) is 16.9 Å². The molecular formula is C10H10N6O2. The molecule has 3 N–H and O–H groups in total. The van der Waals surface area contributed by atoms with Gasteiger partial charge in [0.1, 0.15) is 0 Å². The van der Waals surface area contributed by atoms with E-state index in [-0.39, 0.29) is 35.2 Å². The molecule has 0 aromatic carbocycles. The summed E-state index contributed by atoms with van der Waals surface area (Å²) in [6.45, 7) is 0. The third-order valence-electron chi connectivity index (χ3n) is 2.47. The second-order valence-electron chi connectivity index (χ2n) is 3.96. The highest BCUT2D eigenvalue weighted by atomic mass is 16.5. The van der Waals surface area contributed by atoms with Crippen molar-refractivity contribution in [2.24, 2.45) is 0 Å². The van der Waals surface area contributed by atoms with Crippen LogP contribution in [0.4, 0.5) is 5.82 Å². The number of nitrogen functional groups attached to an aromatic ring is 1. The van der Waals surface area contributed by atoms with Gasteiger partial charge in [0.05, 0.1) is 0 Å². The van der Waals surface area contributed by atoms with Crippen LogP contribution in [0.3, 0.4) is 0 Å². The number of aromatic nitrogens is 4. The van der Waals surface area contributed by atoms with Crippen LogP contribution in [0.2, 0.25) is 0 Å². The van der Waals surface area contributed by atoms with E-state index in [0.29, 0.717) is 0 Å². The minimum atomic E-state index is -0.352. The molecule has 1 aliphatic rings.